The van der Waals surface area contributed by atoms with Crippen LogP contribution in [0.5, 0.6) is 0 Å². The van der Waals surface area contributed by atoms with Gasteiger partial charge in [-0.05, 0) is 0 Å². The first-order valence-corrected chi connectivity index (χ1v) is 5.92. The van der Waals surface area contributed by atoms with Crippen LogP contribution in [0.25, 0.3) is 0 Å². The molecule has 0 saturated carbocycles. The summed E-state index contributed by atoms with van der Waals surface area (Å²) >= 11 is 0.805. The second-order valence-electron chi connectivity index (χ2n) is 3.25. The molecule has 0 fully saturated rings. The Balaban J connectivity index is 0. The summed E-state index contributed by atoms with van der Waals surface area (Å²) < 4.78 is 5.64. The minimum absolute atomic E-state index is 0. The van der Waals surface area contributed by atoms with Gasteiger partial charge in [0.05, 0.1) is 0 Å². The topological polar surface area (TPSA) is 9.23 Å². The van der Waals surface area contributed by atoms with Crippen LogP contribution >= 0.6 is 0 Å². The summed E-state index contributed by atoms with van der Waals surface area (Å²) in [5, 5.41) is 0. The predicted molar refractivity (Wildman–Crippen MR) is 48.6 cm³/mol. The Morgan fingerprint density at radius 3 is 1.62 bits per heavy atom. The van der Waals surface area contributed by atoms with Crippen molar-refractivity contribution >= 4 is 0 Å². The van der Waals surface area contributed by atoms with Crippen LogP contribution < -0.4 is 37.2 Å². The van der Waals surface area contributed by atoms with Crippen molar-refractivity contribution in [3.8, 4) is 0 Å². The summed E-state index contributed by atoms with van der Waals surface area (Å²) in [5.74, 6) is 0. The van der Waals surface area contributed by atoms with Crippen molar-refractivity contribution in [2.75, 3.05) is 0 Å². The van der Waals surface area contributed by atoms with Gasteiger partial charge in [-0.1, -0.05) is 0 Å². The van der Waals surface area contributed by atoms with Crippen LogP contribution in [0.4, 0.5) is 0 Å². The molecule has 0 spiro atoms. The summed E-state index contributed by atoms with van der Waals surface area (Å²) in [5.41, 5.74) is 2.81. The van der Waals surface area contributed by atoms with E-state index in [1.165, 1.54) is 11.1 Å². The fourth-order valence-corrected chi connectivity index (χ4v) is 2.79. The quantitative estimate of drug-likeness (QED) is 0.394. The summed E-state index contributed by atoms with van der Waals surface area (Å²) in [6.07, 6.45) is 15.4. The van der Waals surface area contributed by atoms with E-state index < -0.39 is 0 Å². The van der Waals surface area contributed by atoms with E-state index in [0.717, 1.165) is 37.7 Å². The van der Waals surface area contributed by atoms with Gasteiger partial charge in [0.1, 0.15) is 0 Å². The van der Waals surface area contributed by atoms with Crippen LogP contribution in [0.2, 0.25) is 0 Å². The van der Waals surface area contributed by atoms with Crippen molar-refractivity contribution in [2.24, 2.45) is 0 Å². The average Bonchev–Trinajstić information content (AvgIpc) is 2.76. The first kappa shape index (κ1) is 19.0. The molecule has 0 unspecified atom stereocenters. The number of rotatable bonds is 3. The fraction of sp³-hybridized carbons (Fsp3) is 0.273. The Morgan fingerprint density at radius 2 is 1.38 bits per heavy atom. The molecule has 0 N–H and O–H groups in total. The van der Waals surface area contributed by atoms with Crippen LogP contribution in [-0.4, -0.2) is 6.10 Å². The second-order valence-corrected chi connectivity index (χ2v) is 4.09. The summed E-state index contributed by atoms with van der Waals surface area (Å²) in [4.78, 5) is 0. The first-order valence-electron chi connectivity index (χ1n) is 4.45. The molecule has 0 aliphatic heterocycles. The molecule has 0 aromatic carbocycles. The third-order valence-electron chi connectivity index (χ3n) is 2.39. The van der Waals surface area contributed by atoms with E-state index >= 15 is 0 Å². The van der Waals surface area contributed by atoms with Crippen LogP contribution in [0, 0.1) is 0 Å². The van der Waals surface area contributed by atoms with Crippen LogP contribution in [0.15, 0.2) is 47.6 Å². The molecule has 0 amide bonds. The molecule has 16 heavy (non-hydrogen) atoms. The second kappa shape index (κ2) is 9.67. The van der Waals surface area contributed by atoms with Gasteiger partial charge < -0.3 is 37.2 Å². The zero-order valence-electron chi connectivity index (χ0n) is 8.50. The van der Waals surface area contributed by atoms with E-state index in [1.54, 1.807) is 0 Å². The van der Waals surface area contributed by atoms with E-state index in [9.17, 15) is 0 Å². The predicted octanol–water partition coefficient (Wildman–Crippen LogP) is -6.38. The molecule has 2 aliphatic rings. The maximum absolute atomic E-state index is 5.64. The molecule has 1 nitrogen and oxygen atoms in total. The van der Waals surface area contributed by atoms with E-state index in [1.807, 2.05) is 0 Å². The van der Waals surface area contributed by atoms with Crippen molar-refractivity contribution in [3.05, 3.63) is 47.6 Å². The van der Waals surface area contributed by atoms with Gasteiger partial charge in [-0.2, -0.15) is 0 Å². The molecule has 0 heterocycles. The van der Waals surface area contributed by atoms with Gasteiger partial charge in [-0.3, -0.25) is 0 Å². The van der Waals surface area contributed by atoms with Crippen LogP contribution in [0.1, 0.15) is 12.8 Å². The number of allylic oxidation sites excluding steroid dienone is 6. The fourth-order valence-electron chi connectivity index (χ4n) is 1.71. The zero-order valence-corrected chi connectivity index (χ0v) is 14.4. The third kappa shape index (κ3) is 4.50. The van der Waals surface area contributed by atoms with Gasteiger partial charge in [0.2, 0.25) is 0 Å². The van der Waals surface area contributed by atoms with Gasteiger partial charge >= 0.3 is 94.2 Å². The molecule has 0 atom stereocenters. The SMILES string of the molecule is [Cl-].[Cl-].[Cl-].[Hf+3][O]C(C1=CC=CC1)C1=CC=CC1. The van der Waals surface area contributed by atoms with Crippen molar-refractivity contribution < 1.29 is 64.9 Å². The molecule has 5 heteroatoms. The Kier molecular flexibility index (Phi) is 11.5. The van der Waals surface area contributed by atoms with E-state index in [0.29, 0.717) is 0 Å². The molecule has 0 aromatic heterocycles. The zero-order chi connectivity index (χ0) is 9.10. The number of halogens is 3. The van der Waals surface area contributed by atoms with Gasteiger partial charge in [0, 0.05) is 0 Å². The first-order chi connectivity index (χ1) is 6.42. The number of hydrogen-bond acceptors (Lipinski definition) is 1. The summed E-state index contributed by atoms with van der Waals surface area (Å²) in [6, 6.07) is 0. The molecular weight excluding hydrogens is 433 g/mol. The normalized spacial score (nSPS) is 16.2. The molecular formula is C11H11Cl3HfO. The molecule has 2 rings (SSSR count). The Hall–Kier alpha value is 0.660. The Morgan fingerprint density at radius 1 is 0.938 bits per heavy atom. The van der Waals surface area contributed by atoms with Crippen molar-refractivity contribution in [1.82, 2.24) is 0 Å². The van der Waals surface area contributed by atoms with Crippen LogP contribution in [0.3, 0.4) is 0 Å². The van der Waals surface area contributed by atoms with Gasteiger partial charge in [-0.15, -0.1) is 0 Å². The van der Waals surface area contributed by atoms with E-state index in [-0.39, 0.29) is 43.3 Å². The Labute approximate surface area is 130 Å². The molecule has 0 bridgehead atoms. The van der Waals surface area contributed by atoms with E-state index in [4.69, 9.17) is 2.85 Å². The molecule has 2 aliphatic carbocycles. The maximum atomic E-state index is 5.64. The van der Waals surface area contributed by atoms with Gasteiger partial charge in [0.25, 0.3) is 0 Å². The molecule has 0 saturated heterocycles. The van der Waals surface area contributed by atoms with Crippen molar-refractivity contribution in [1.29, 1.82) is 0 Å². The molecule has 0 aromatic rings. The molecule has 0 radical (unpaired) electrons. The summed E-state index contributed by atoms with van der Waals surface area (Å²) in [7, 11) is 0. The van der Waals surface area contributed by atoms with Crippen LogP contribution in [-0.2, 0) is 27.7 Å². The van der Waals surface area contributed by atoms with Crippen molar-refractivity contribution in [3.63, 3.8) is 0 Å². The molecule has 86 valence electrons. The van der Waals surface area contributed by atoms with Gasteiger partial charge in [-0.25, -0.2) is 0 Å². The monoisotopic (exact) mass is 444 g/mol. The average molecular weight is 444 g/mol. The standard InChI is InChI=1S/C11H11O.3ClH.Hf/c12-11(9-5-1-2-6-9)10-7-3-4-8-10;;;;/h1-5,7,11H,6,8H2;3*1H;/q-1;;;;+4/p-3. The van der Waals surface area contributed by atoms with Crippen molar-refractivity contribution in [2.45, 2.75) is 18.9 Å². The van der Waals surface area contributed by atoms with E-state index in [2.05, 4.69) is 36.5 Å². The third-order valence-corrected chi connectivity index (χ3v) is 3.24. The minimum atomic E-state index is 0. The number of hydrogen-bond donors (Lipinski definition) is 0. The Bertz CT molecular complexity index is 291. The van der Waals surface area contributed by atoms with Gasteiger partial charge in [0.15, 0.2) is 0 Å². The summed E-state index contributed by atoms with van der Waals surface area (Å²) in [6.45, 7) is 0.